The van der Waals surface area contributed by atoms with Gasteiger partial charge in [-0.25, -0.2) is 0 Å². The monoisotopic (exact) mass is 274 g/mol. The number of nitrogens with two attached hydrogens (primary N) is 1. The van der Waals surface area contributed by atoms with Gasteiger partial charge >= 0.3 is 0 Å². The zero-order chi connectivity index (χ0) is 14.7. The second-order valence-electron chi connectivity index (χ2n) is 5.32. The van der Waals surface area contributed by atoms with Gasteiger partial charge in [-0.3, -0.25) is 4.79 Å². The number of hydrogen-bond donors (Lipinski definition) is 2. The number of amides is 1. The van der Waals surface area contributed by atoms with E-state index in [1.54, 1.807) is 0 Å². The van der Waals surface area contributed by atoms with E-state index in [4.69, 9.17) is 15.2 Å². The van der Waals surface area contributed by atoms with Gasteiger partial charge < -0.3 is 20.5 Å². The maximum Gasteiger partial charge on any atom is 0.237 e. The molecule has 0 aliphatic rings. The van der Waals surface area contributed by atoms with Crippen LogP contribution < -0.4 is 11.1 Å². The fourth-order valence-electron chi connectivity index (χ4n) is 1.90. The summed E-state index contributed by atoms with van der Waals surface area (Å²) in [6, 6.07) is 0.223. The maximum atomic E-state index is 11.5. The fourth-order valence-corrected chi connectivity index (χ4v) is 1.90. The largest absolute Gasteiger partial charge is 0.379 e. The zero-order valence-electron chi connectivity index (χ0n) is 12.8. The summed E-state index contributed by atoms with van der Waals surface area (Å²) in [5.41, 5.74) is 4.80. The van der Waals surface area contributed by atoms with Crippen molar-refractivity contribution in [1.29, 1.82) is 0 Å². The summed E-state index contributed by atoms with van der Waals surface area (Å²) in [6.45, 7) is 10.6. The van der Waals surface area contributed by atoms with Gasteiger partial charge in [0.15, 0.2) is 0 Å². The lowest BCUT2D eigenvalue weighted by Crippen LogP contribution is -2.55. The van der Waals surface area contributed by atoms with Crippen LogP contribution in [0.5, 0.6) is 0 Å². The predicted octanol–water partition coefficient (Wildman–Crippen LogP) is 1.45. The SMILES string of the molecule is CCCOCCOCCCC(C)(NC(C)C)C(N)=O. The van der Waals surface area contributed by atoms with Crippen molar-refractivity contribution in [2.75, 3.05) is 26.4 Å². The van der Waals surface area contributed by atoms with Gasteiger partial charge in [0.05, 0.1) is 18.8 Å². The lowest BCUT2D eigenvalue weighted by Gasteiger charge is -2.29. The first-order chi connectivity index (χ1) is 8.92. The Bertz CT molecular complexity index is 247. The van der Waals surface area contributed by atoms with E-state index >= 15 is 0 Å². The Morgan fingerprint density at radius 3 is 2.26 bits per heavy atom. The third kappa shape index (κ3) is 8.97. The molecule has 19 heavy (non-hydrogen) atoms. The number of carbonyl (C=O) groups excluding carboxylic acids is 1. The number of hydrogen-bond acceptors (Lipinski definition) is 4. The summed E-state index contributed by atoms with van der Waals surface area (Å²) in [5, 5.41) is 3.22. The number of ether oxygens (including phenoxy) is 2. The van der Waals surface area contributed by atoms with E-state index in [0.717, 1.165) is 19.4 Å². The minimum atomic E-state index is -0.657. The topological polar surface area (TPSA) is 73.6 Å². The van der Waals surface area contributed by atoms with Crippen LogP contribution in [-0.2, 0) is 14.3 Å². The molecule has 114 valence electrons. The van der Waals surface area contributed by atoms with Gasteiger partial charge in [-0.1, -0.05) is 6.92 Å². The van der Waals surface area contributed by atoms with Gasteiger partial charge in [-0.2, -0.15) is 0 Å². The van der Waals surface area contributed by atoms with Gasteiger partial charge in [0.2, 0.25) is 5.91 Å². The summed E-state index contributed by atoms with van der Waals surface area (Å²) in [7, 11) is 0. The van der Waals surface area contributed by atoms with Crippen LogP contribution in [0.25, 0.3) is 0 Å². The second-order valence-corrected chi connectivity index (χ2v) is 5.32. The molecule has 0 aromatic carbocycles. The van der Waals surface area contributed by atoms with E-state index in [2.05, 4.69) is 12.2 Å². The molecular formula is C14H30N2O3. The molecule has 0 aliphatic carbocycles. The lowest BCUT2D eigenvalue weighted by molar-refractivity contribution is -0.124. The highest BCUT2D eigenvalue weighted by Gasteiger charge is 2.30. The molecule has 0 fully saturated rings. The fraction of sp³-hybridized carbons (Fsp3) is 0.929. The van der Waals surface area contributed by atoms with Crippen LogP contribution in [0.4, 0.5) is 0 Å². The van der Waals surface area contributed by atoms with E-state index in [1.165, 1.54) is 0 Å². The minimum Gasteiger partial charge on any atom is -0.379 e. The van der Waals surface area contributed by atoms with Crippen LogP contribution in [0.2, 0.25) is 0 Å². The van der Waals surface area contributed by atoms with Crippen molar-refractivity contribution in [2.45, 2.75) is 58.5 Å². The van der Waals surface area contributed by atoms with Crippen LogP contribution in [-0.4, -0.2) is 43.9 Å². The summed E-state index contributed by atoms with van der Waals surface area (Å²) in [6.07, 6.45) is 2.50. The van der Waals surface area contributed by atoms with E-state index < -0.39 is 5.54 Å². The van der Waals surface area contributed by atoms with Crippen LogP contribution >= 0.6 is 0 Å². The van der Waals surface area contributed by atoms with Crippen molar-refractivity contribution < 1.29 is 14.3 Å². The maximum absolute atomic E-state index is 11.5. The Balaban J connectivity index is 3.74. The Morgan fingerprint density at radius 1 is 1.21 bits per heavy atom. The molecule has 0 spiro atoms. The molecule has 0 saturated carbocycles. The highest BCUT2D eigenvalue weighted by atomic mass is 16.5. The molecule has 0 heterocycles. The van der Waals surface area contributed by atoms with Gasteiger partial charge in [0.25, 0.3) is 0 Å². The minimum absolute atomic E-state index is 0.223. The molecule has 3 N–H and O–H groups in total. The second kappa shape index (κ2) is 10.2. The Kier molecular flexibility index (Phi) is 9.83. The van der Waals surface area contributed by atoms with Crippen molar-refractivity contribution >= 4 is 5.91 Å². The average molecular weight is 274 g/mol. The van der Waals surface area contributed by atoms with Crippen molar-refractivity contribution in [3.8, 4) is 0 Å². The molecule has 0 saturated heterocycles. The molecule has 0 aromatic heterocycles. The van der Waals surface area contributed by atoms with E-state index in [1.807, 2.05) is 20.8 Å². The highest BCUT2D eigenvalue weighted by molar-refractivity contribution is 5.84. The molecule has 5 heteroatoms. The lowest BCUT2D eigenvalue weighted by atomic mass is 9.94. The van der Waals surface area contributed by atoms with Gasteiger partial charge in [0, 0.05) is 19.3 Å². The van der Waals surface area contributed by atoms with E-state index in [9.17, 15) is 4.79 Å². The van der Waals surface area contributed by atoms with Crippen LogP contribution in [0.15, 0.2) is 0 Å². The standard InChI is InChI=1S/C14H30N2O3/c1-5-8-18-10-11-19-9-6-7-14(4,13(15)17)16-12(2)3/h12,16H,5-11H2,1-4H3,(H2,15,17). The first kappa shape index (κ1) is 18.4. The third-order valence-electron chi connectivity index (χ3n) is 2.84. The first-order valence-corrected chi connectivity index (χ1v) is 7.15. The zero-order valence-corrected chi connectivity index (χ0v) is 12.8. The molecule has 1 unspecified atom stereocenters. The summed E-state index contributed by atoms with van der Waals surface area (Å²) in [4.78, 5) is 11.5. The quantitative estimate of drug-likeness (QED) is 0.528. The Hall–Kier alpha value is -0.650. The normalized spacial score (nSPS) is 14.6. The predicted molar refractivity (Wildman–Crippen MR) is 77.0 cm³/mol. The number of carbonyl (C=O) groups is 1. The summed E-state index contributed by atoms with van der Waals surface area (Å²) >= 11 is 0. The Labute approximate surface area is 117 Å². The molecule has 1 atom stereocenters. The molecule has 0 radical (unpaired) electrons. The number of rotatable bonds is 12. The van der Waals surface area contributed by atoms with Gasteiger partial charge in [0.1, 0.15) is 0 Å². The van der Waals surface area contributed by atoms with Crippen LogP contribution in [0.1, 0.15) is 47.0 Å². The highest BCUT2D eigenvalue weighted by Crippen LogP contribution is 2.13. The van der Waals surface area contributed by atoms with Crippen molar-refractivity contribution in [3.63, 3.8) is 0 Å². The molecule has 0 rings (SSSR count). The summed E-state index contributed by atoms with van der Waals surface area (Å²) in [5.74, 6) is -0.313. The van der Waals surface area contributed by atoms with Crippen molar-refractivity contribution in [1.82, 2.24) is 5.32 Å². The molecule has 0 aromatic rings. The molecular weight excluding hydrogens is 244 g/mol. The average Bonchev–Trinajstić information content (AvgIpc) is 2.31. The number of primary amides is 1. The molecule has 0 bridgehead atoms. The van der Waals surface area contributed by atoms with Crippen molar-refractivity contribution in [3.05, 3.63) is 0 Å². The Morgan fingerprint density at radius 2 is 1.79 bits per heavy atom. The van der Waals surface area contributed by atoms with Crippen LogP contribution in [0, 0.1) is 0 Å². The van der Waals surface area contributed by atoms with Crippen LogP contribution in [0.3, 0.4) is 0 Å². The third-order valence-corrected chi connectivity index (χ3v) is 2.84. The van der Waals surface area contributed by atoms with Gasteiger partial charge in [-0.15, -0.1) is 0 Å². The van der Waals surface area contributed by atoms with Crippen molar-refractivity contribution in [2.24, 2.45) is 5.73 Å². The molecule has 1 amide bonds. The summed E-state index contributed by atoms with van der Waals surface area (Å²) < 4.78 is 10.8. The smallest absolute Gasteiger partial charge is 0.237 e. The molecule has 5 nitrogen and oxygen atoms in total. The first-order valence-electron chi connectivity index (χ1n) is 7.15. The van der Waals surface area contributed by atoms with E-state index in [0.29, 0.717) is 26.2 Å². The number of nitrogens with one attached hydrogen (secondary N) is 1. The van der Waals surface area contributed by atoms with E-state index in [-0.39, 0.29) is 11.9 Å². The van der Waals surface area contributed by atoms with Gasteiger partial charge in [-0.05, 0) is 40.0 Å². The molecule has 0 aliphatic heterocycles.